The van der Waals surface area contributed by atoms with E-state index in [0.29, 0.717) is 32.7 Å². The maximum atomic E-state index is 12.1. The lowest BCUT2D eigenvalue weighted by molar-refractivity contribution is -0.183. The van der Waals surface area contributed by atoms with Crippen molar-refractivity contribution in [3.05, 3.63) is 35.9 Å². The van der Waals surface area contributed by atoms with Gasteiger partial charge in [-0.3, -0.25) is 9.69 Å². The molecule has 0 bridgehead atoms. The number of likely N-dealkylation sites (tertiary alicyclic amines) is 1. The first-order valence-corrected chi connectivity index (χ1v) is 8.66. The van der Waals surface area contributed by atoms with Gasteiger partial charge in [0.05, 0.1) is 25.7 Å². The number of ether oxygens (including phenoxy) is 2. The molecule has 2 atom stereocenters. The van der Waals surface area contributed by atoms with E-state index in [9.17, 15) is 9.90 Å². The third-order valence-electron chi connectivity index (χ3n) is 4.52. The van der Waals surface area contributed by atoms with Crippen LogP contribution in [-0.2, 0) is 20.8 Å². The Kier molecular flexibility index (Phi) is 6.20. The van der Waals surface area contributed by atoms with Gasteiger partial charge in [0.25, 0.3) is 0 Å². The van der Waals surface area contributed by atoms with E-state index >= 15 is 0 Å². The SMILES string of the molecule is O=C(CC1OCCCO1)NC[C@H]1C[C@@H](O)CN1Cc1ccccc1. The second-order valence-electron chi connectivity index (χ2n) is 6.49. The van der Waals surface area contributed by atoms with Gasteiger partial charge in [-0.05, 0) is 18.4 Å². The second kappa shape index (κ2) is 8.58. The van der Waals surface area contributed by atoms with Crippen LogP contribution in [0.25, 0.3) is 0 Å². The minimum absolute atomic E-state index is 0.0667. The molecule has 1 aromatic carbocycles. The Labute approximate surface area is 142 Å². The Morgan fingerprint density at radius 2 is 2.00 bits per heavy atom. The number of nitrogens with zero attached hydrogens (tertiary/aromatic N) is 1. The topological polar surface area (TPSA) is 71.0 Å². The molecule has 2 aliphatic rings. The van der Waals surface area contributed by atoms with Crippen LogP contribution in [0.5, 0.6) is 0 Å². The molecule has 6 nitrogen and oxygen atoms in total. The third-order valence-corrected chi connectivity index (χ3v) is 4.52. The Morgan fingerprint density at radius 1 is 1.25 bits per heavy atom. The molecule has 2 N–H and O–H groups in total. The van der Waals surface area contributed by atoms with E-state index in [1.165, 1.54) is 5.56 Å². The molecule has 0 spiro atoms. The number of benzene rings is 1. The Bertz CT molecular complexity index is 519. The summed E-state index contributed by atoms with van der Waals surface area (Å²) in [5.41, 5.74) is 1.21. The van der Waals surface area contributed by atoms with Crippen LogP contribution >= 0.6 is 0 Å². The van der Waals surface area contributed by atoms with Crippen LogP contribution in [0.3, 0.4) is 0 Å². The quantitative estimate of drug-likeness (QED) is 0.808. The van der Waals surface area contributed by atoms with Crippen LogP contribution < -0.4 is 5.32 Å². The van der Waals surface area contributed by atoms with Gasteiger partial charge in [0, 0.05) is 25.7 Å². The Balaban J connectivity index is 1.46. The molecule has 2 fully saturated rings. The Morgan fingerprint density at radius 3 is 2.75 bits per heavy atom. The number of carbonyl (C=O) groups is 1. The zero-order valence-electron chi connectivity index (χ0n) is 13.9. The monoisotopic (exact) mass is 334 g/mol. The molecule has 3 rings (SSSR count). The molecule has 132 valence electrons. The number of carbonyl (C=O) groups excluding carboxylic acids is 1. The van der Waals surface area contributed by atoms with Gasteiger partial charge in [-0.1, -0.05) is 30.3 Å². The van der Waals surface area contributed by atoms with E-state index in [0.717, 1.165) is 13.0 Å². The fourth-order valence-corrected chi connectivity index (χ4v) is 3.29. The molecule has 0 aliphatic carbocycles. The first-order valence-electron chi connectivity index (χ1n) is 8.66. The van der Waals surface area contributed by atoms with E-state index in [2.05, 4.69) is 22.3 Å². The minimum atomic E-state index is -0.423. The van der Waals surface area contributed by atoms with Gasteiger partial charge < -0.3 is 19.9 Å². The molecular weight excluding hydrogens is 308 g/mol. The summed E-state index contributed by atoms with van der Waals surface area (Å²) in [6, 6.07) is 10.3. The fraction of sp³-hybridized carbons (Fsp3) is 0.611. The summed E-state index contributed by atoms with van der Waals surface area (Å²) in [6.45, 7) is 3.27. The second-order valence-corrected chi connectivity index (χ2v) is 6.49. The number of rotatable bonds is 6. The molecule has 6 heteroatoms. The van der Waals surface area contributed by atoms with Gasteiger partial charge in [0.15, 0.2) is 6.29 Å². The standard InChI is InChI=1S/C18H26N2O4/c21-16-9-15(20(13-16)12-14-5-2-1-3-6-14)11-19-17(22)10-18-23-7-4-8-24-18/h1-3,5-6,15-16,18,21H,4,7-13H2,(H,19,22)/t15-,16-/m1/s1. The summed E-state index contributed by atoms with van der Waals surface area (Å²) in [4.78, 5) is 14.3. The number of nitrogens with one attached hydrogen (secondary N) is 1. The molecule has 24 heavy (non-hydrogen) atoms. The third kappa shape index (κ3) is 5.01. The van der Waals surface area contributed by atoms with E-state index < -0.39 is 6.29 Å². The van der Waals surface area contributed by atoms with E-state index in [1.807, 2.05) is 18.2 Å². The van der Waals surface area contributed by atoms with Crippen molar-refractivity contribution in [2.75, 3.05) is 26.3 Å². The van der Waals surface area contributed by atoms with Crippen LogP contribution in [-0.4, -0.2) is 60.7 Å². The highest BCUT2D eigenvalue weighted by atomic mass is 16.7. The van der Waals surface area contributed by atoms with Crippen LogP contribution in [0, 0.1) is 0 Å². The summed E-state index contributed by atoms with van der Waals surface area (Å²) in [5, 5.41) is 12.9. The van der Waals surface area contributed by atoms with Crippen molar-refractivity contribution in [2.45, 2.75) is 44.2 Å². The average Bonchev–Trinajstić information content (AvgIpc) is 2.94. The van der Waals surface area contributed by atoms with Crippen molar-refractivity contribution in [3.63, 3.8) is 0 Å². The number of β-amino-alcohol motifs (C(OH)–C–C–N with tert-alkyl or cyclic N) is 1. The molecule has 2 heterocycles. The molecule has 0 radical (unpaired) electrons. The molecule has 2 saturated heterocycles. The number of hydrogen-bond acceptors (Lipinski definition) is 5. The van der Waals surface area contributed by atoms with E-state index in [4.69, 9.17) is 9.47 Å². The summed E-state index contributed by atoms with van der Waals surface area (Å²) < 4.78 is 10.8. The van der Waals surface area contributed by atoms with E-state index in [1.54, 1.807) is 0 Å². The van der Waals surface area contributed by atoms with Crippen molar-refractivity contribution < 1.29 is 19.4 Å². The van der Waals surface area contributed by atoms with Crippen molar-refractivity contribution in [1.82, 2.24) is 10.2 Å². The predicted molar refractivity (Wildman–Crippen MR) is 89.2 cm³/mol. The number of hydrogen-bond donors (Lipinski definition) is 2. The largest absolute Gasteiger partial charge is 0.392 e. The molecule has 0 aromatic heterocycles. The normalized spacial score (nSPS) is 25.7. The lowest BCUT2D eigenvalue weighted by Gasteiger charge is -2.25. The van der Waals surface area contributed by atoms with Gasteiger partial charge in [-0.15, -0.1) is 0 Å². The highest BCUT2D eigenvalue weighted by molar-refractivity contribution is 5.76. The Hall–Kier alpha value is -1.47. The van der Waals surface area contributed by atoms with Gasteiger partial charge in [-0.25, -0.2) is 0 Å². The summed E-state index contributed by atoms with van der Waals surface area (Å²) >= 11 is 0. The summed E-state index contributed by atoms with van der Waals surface area (Å²) in [5.74, 6) is -0.0667. The van der Waals surface area contributed by atoms with Crippen LogP contribution in [0.15, 0.2) is 30.3 Å². The van der Waals surface area contributed by atoms with Crippen LogP contribution in [0.1, 0.15) is 24.8 Å². The van der Waals surface area contributed by atoms with Gasteiger partial charge in [0.2, 0.25) is 5.91 Å². The van der Waals surface area contributed by atoms with Crippen LogP contribution in [0.2, 0.25) is 0 Å². The van der Waals surface area contributed by atoms with Gasteiger partial charge >= 0.3 is 0 Å². The summed E-state index contributed by atoms with van der Waals surface area (Å²) in [7, 11) is 0. The number of aliphatic hydroxyl groups is 1. The lowest BCUT2D eigenvalue weighted by Crippen LogP contribution is -2.41. The zero-order chi connectivity index (χ0) is 16.8. The summed E-state index contributed by atoms with van der Waals surface area (Å²) in [6.07, 6.45) is 1.04. The molecule has 2 aliphatic heterocycles. The van der Waals surface area contributed by atoms with Crippen molar-refractivity contribution in [3.8, 4) is 0 Å². The van der Waals surface area contributed by atoms with Crippen molar-refractivity contribution in [1.29, 1.82) is 0 Å². The molecule has 1 amide bonds. The van der Waals surface area contributed by atoms with E-state index in [-0.39, 0.29) is 24.5 Å². The molecular formula is C18H26N2O4. The van der Waals surface area contributed by atoms with Crippen molar-refractivity contribution >= 4 is 5.91 Å². The first-order chi connectivity index (χ1) is 11.7. The lowest BCUT2D eigenvalue weighted by atomic mass is 10.1. The molecule has 0 saturated carbocycles. The van der Waals surface area contributed by atoms with Crippen LogP contribution in [0.4, 0.5) is 0 Å². The van der Waals surface area contributed by atoms with Gasteiger partial charge in [0.1, 0.15) is 0 Å². The number of aliphatic hydroxyl groups excluding tert-OH is 1. The highest BCUT2D eigenvalue weighted by Crippen LogP contribution is 2.20. The first kappa shape index (κ1) is 17.4. The zero-order valence-corrected chi connectivity index (χ0v) is 13.9. The molecule has 1 aromatic rings. The maximum absolute atomic E-state index is 12.1. The number of amides is 1. The maximum Gasteiger partial charge on any atom is 0.225 e. The fourth-order valence-electron chi connectivity index (χ4n) is 3.29. The highest BCUT2D eigenvalue weighted by Gasteiger charge is 2.31. The molecule has 0 unspecified atom stereocenters. The minimum Gasteiger partial charge on any atom is -0.392 e. The smallest absolute Gasteiger partial charge is 0.225 e. The average molecular weight is 334 g/mol. The van der Waals surface area contributed by atoms with Gasteiger partial charge in [-0.2, -0.15) is 0 Å². The predicted octanol–water partition coefficient (Wildman–Crippen LogP) is 0.891. The van der Waals surface area contributed by atoms with Crippen molar-refractivity contribution in [2.24, 2.45) is 0 Å².